The Morgan fingerprint density at radius 1 is 1.05 bits per heavy atom. The van der Waals surface area contributed by atoms with Gasteiger partial charge in [-0.25, -0.2) is 0 Å². The molecular formula is C15H20O4. The number of hydrogen-bond donors (Lipinski definition) is 1. The summed E-state index contributed by atoms with van der Waals surface area (Å²) < 4.78 is 17.1. The summed E-state index contributed by atoms with van der Waals surface area (Å²) in [5.41, 5.74) is 1.16. The van der Waals surface area contributed by atoms with Crippen molar-refractivity contribution in [3.63, 3.8) is 0 Å². The van der Waals surface area contributed by atoms with Gasteiger partial charge in [0, 0.05) is 12.3 Å². The van der Waals surface area contributed by atoms with E-state index in [0.29, 0.717) is 6.42 Å². The highest BCUT2D eigenvalue weighted by molar-refractivity contribution is 5.16. The molecule has 3 rings (SSSR count). The molecule has 6 atom stereocenters. The average Bonchev–Trinajstić information content (AvgIpc) is 2.78. The molecule has 0 aromatic heterocycles. The number of aliphatic hydroxyl groups excluding tert-OH is 1. The van der Waals surface area contributed by atoms with Gasteiger partial charge in [0.1, 0.15) is 6.10 Å². The Hall–Kier alpha value is -0.940. The predicted molar refractivity (Wildman–Crippen MR) is 69.4 cm³/mol. The van der Waals surface area contributed by atoms with Crippen LogP contribution < -0.4 is 0 Å². The zero-order chi connectivity index (χ0) is 13.4. The van der Waals surface area contributed by atoms with Crippen molar-refractivity contribution in [2.75, 3.05) is 0 Å². The van der Waals surface area contributed by atoms with Gasteiger partial charge in [-0.3, -0.25) is 0 Å². The molecule has 1 aromatic carbocycles. The summed E-state index contributed by atoms with van der Waals surface area (Å²) in [6, 6.07) is 10.1. The van der Waals surface area contributed by atoms with Crippen molar-refractivity contribution in [1.29, 1.82) is 0 Å². The molecule has 0 radical (unpaired) electrons. The van der Waals surface area contributed by atoms with Gasteiger partial charge in [-0.15, -0.1) is 0 Å². The van der Waals surface area contributed by atoms with Crippen molar-refractivity contribution < 1.29 is 19.3 Å². The number of benzene rings is 1. The average molecular weight is 264 g/mol. The molecule has 2 heterocycles. The second-order valence-corrected chi connectivity index (χ2v) is 5.39. The van der Waals surface area contributed by atoms with Crippen LogP contribution in [0.2, 0.25) is 0 Å². The highest BCUT2D eigenvalue weighted by atomic mass is 16.8. The molecule has 2 saturated heterocycles. The first-order chi connectivity index (χ1) is 9.15. The molecule has 3 unspecified atom stereocenters. The normalized spacial score (nSPS) is 42.1. The second kappa shape index (κ2) is 5.21. The standard InChI is InChI=1S/C15H20O4/c1-9-13(16)12(8-11-6-4-3-5-7-11)19-15-14(9)17-10(2)18-15/h3-7,9-10,12-16H,8H2,1-2H3/t9-,10?,12?,13+,14?,15+/m0/s1. The van der Waals surface area contributed by atoms with Crippen molar-refractivity contribution in [3.05, 3.63) is 35.9 Å². The lowest BCUT2D eigenvalue weighted by atomic mass is 9.88. The van der Waals surface area contributed by atoms with E-state index < -0.39 is 6.10 Å². The summed E-state index contributed by atoms with van der Waals surface area (Å²) in [5, 5.41) is 10.4. The van der Waals surface area contributed by atoms with E-state index in [1.165, 1.54) is 0 Å². The fourth-order valence-corrected chi connectivity index (χ4v) is 2.87. The number of ether oxygens (including phenoxy) is 3. The van der Waals surface area contributed by atoms with Gasteiger partial charge in [-0.05, 0) is 12.5 Å². The number of hydrogen-bond acceptors (Lipinski definition) is 4. The second-order valence-electron chi connectivity index (χ2n) is 5.39. The maximum atomic E-state index is 10.4. The Morgan fingerprint density at radius 2 is 1.79 bits per heavy atom. The molecule has 2 aliphatic rings. The molecule has 1 aromatic rings. The Morgan fingerprint density at radius 3 is 2.53 bits per heavy atom. The van der Waals surface area contributed by atoms with Crippen LogP contribution in [-0.2, 0) is 20.6 Å². The van der Waals surface area contributed by atoms with Gasteiger partial charge in [0.05, 0.1) is 12.2 Å². The number of fused-ring (bicyclic) bond motifs is 1. The van der Waals surface area contributed by atoms with E-state index in [1.807, 2.05) is 44.2 Å². The highest BCUT2D eigenvalue weighted by Crippen LogP contribution is 2.35. The van der Waals surface area contributed by atoms with Crippen molar-refractivity contribution >= 4 is 0 Å². The van der Waals surface area contributed by atoms with Crippen LogP contribution in [-0.4, -0.2) is 36.0 Å². The summed E-state index contributed by atoms with van der Waals surface area (Å²) >= 11 is 0. The van der Waals surface area contributed by atoms with Gasteiger partial charge in [-0.2, -0.15) is 0 Å². The molecule has 0 amide bonds. The molecule has 1 N–H and O–H groups in total. The first-order valence-electron chi connectivity index (χ1n) is 6.83. The summed E-state index contributed by atoms with van der Waals surface area (Å²) in [4.78, 5) is 0. The molecule has 19 heavy (non-hydrogen) atoms. The fraction of sp³-hybridized carbons (Fsp3) is 0.600. The van der Waals surface area contributed by atoms with E-state index in [4.69, 9.17) is 14.2 Å². The summed E-state index contributed by atoms with van der Waals surface area (Å²) in [7, 11) is 0. The molecular weight excluding hydrogens is 244 g/mol. The first-order valence-corrected chi connectivity index (χ1v) is 6.83. The fourth-order valence-electron chi connectivity index (χ4n) is 2.87. The molecule has 104 valence electrons. The smallest absolute Gasteiger partial charge is 0.187 e. The van der Waals surface area contributed by atoms with Gasteiger partial charge in [0.2, 0.25) is 0 Å². The monoisotopic (exact) mass is 264 g/mol. The minimum atomic E-state index is -0.532. The van der Waals surface area contributed by atoms with Gasteiger partial charge in [0.15, 0.2) is 12.6 Å². The zero-order valence-corrected chi connectivity index (χ0v) is 11.2. The molecule has 0 aliphatic carbocycles. The lowest BCUT2D eigenvalue weighted by molar-refractivity contribution is -0.229. The Kier molecular flexibility index (Phi) is 3.58. The lowest BCUT2D eigenvalue weighted by Crippen LogP contribution is -2.52. The topological polar surface area (TPSA) is 47.9 Å². The SMILES string of the molecule is CC1OC2[C@H](O1)OC(Cc1ccccc1)[C@H](O)[C@@H]2C. The van der Waals surface area contributed by atoms with Crippen LogP contribution in [0, 0.1) is 5.92 Å². The van der Waals surface area contributed by atoms with Crippen LogP contribution in [0.25, 0.3) is 0 Å². The molecule has 2 aliphatic heterocycles. The largest absolute Gasteiger partial charge is 0.390 e. The third-order valence-corrected chi connectivity index (χ3v) is 3.97. The quantitative estimate of drug-likeness (QED) is 0.883. The Balaban J connectivity index is 1.72. The minimum absolute atomic E-state index is 0.0115. The van der Waals surface area contributed by atoms with Crippen LogP contribution >= 0.6 is 0 Å². The van der Waals surface area contributed by atoms with E-state index in [9.17, 15) is 5.11 Å². The van der Waals surface area contributed by atoms with Crippen molar-refractivity contribution in [3.8, 4) is 0 Å². The molecule has 0 spiro atoms. The van der Waals surface area contributed by atoms with E-state index in [2.05, 4.69) is 0 Å². The maximum absolute atomic E-state index is 10.4. The first kappa shape index (κ1) is 13.1. The van der Waals surface area contributed by atoms with Crippen LogP contribution in [0.4, 0.5) is 0 Å². The van der Waals surface area contributed by atoms with Gasteiger partial charge >= 0.3 is 0 Å². The van der Waals surface area contributed by atoms with Crippen LogP contribution in [0.5, 0.6) is 0 Å². The summed E-state index contributed by atoms with van der Waals surface area (Å²) in [6.07, 6.45) is -0.880. The van der Waals surface area contributed by atoms with Gasteiger partial charge in [0.25, 0.3) is 0 Å². The van der Waals surface area contributed by atoms with E-state index in [-0.39, 0.29) is 30.7 Å². The molecule has 4 heteroatoms. The Bertz CT molecular complexity index is 419. The van der Waals surface area contributed by atoms with Crippen molar-refractivity contribution in [1.82, 2.24) is 0 Å². The van der Waals surface area contributed by atoms with Crippen LogP contribution in [0.1, 0.15) is 19.4 Å². The third kappa shape index (κ3) is 2.54. The molecule has 0 bridgehead atoms. The van der Waals surface area contributed by atoms with Crippen molar-refractivity contribution in [2.24, 2.45) is 5.92 Å². The van der Waals surface area contributed by atoms with E-state index >= 15 is 0 Å². The van der Waals surface area contributed by atoms with E-state index in [1.54, 1.807) is 0 Å². The summed E-state index contributed by atoms with van der Waals surface area (Å²) in [6.45, 7) is 3.84. The van der Waals surface area contributed by atoms with Crippen molar-refractivity contribution in [2.45, 2.75) is 51.2 Å². The molecule has 2 fully saturated rings. The van der Waals surface area contributed by atoms with Gasteiger partial charge < -0.3 is 19.3 Å². The van der Waals surface area contributed by atoms with Gasteiger partial charge in [-0.1, -0.05) is 37.3 Å². The van der Waals surface area contributed by atoms with E-state index in [0.717, 1.165) is 5.56 Å². The number of rotatable bonds is 2. The van der Waals surface area contributed by atoms with Crippen LogP contribution in [0.3, 0.4) is 0 Å². The molecule has 0 saturated carbocycles. The predicted octanol–water partition coefficient (Wildman–Crippen LogP) is 1.71. The number of aliphatic hydroxyl groups is 1. The Labute approximate surface area is 113 Å². The minimum Gasteiger partial charge on any atom is -0.390 e. The third-order valence-electron chi connectivity index (χ3n) is 3.97. The summed E-state index contributed by atoms with van der Waals surface area (Å²) in [5.74, 6) is 0.0115. The molecule has 4 nitrogen and oxygen atoms in total. The highest BCUT2D eigenvalue weighted by Gasteiger charge is 2.48. The van der Waals surface area contributed by atoms with Crippen LogP contribution in [0.15, 0.2) is 30.3 Å². The maximum Gasteiger partial charge on any atom is 0.187 e. The zero-order valence-electron chi connectivity index (χ0n) is 11.2. The lowest BCUT2D eigenvalue weighted by Gasteiger charge is -2.39.